The molecule has 1 atom stereocenters. The van der Waals surface area contributed by atoms with Crippen LogP contribution in [-0.4, -0.2) is 37.3 Å². The highest BCUT2D eigenvalue weighted by Crippen LogP contribution is 2.36. The van der Waals surface area contributed by atoms with Gasteiger partial charge in [0.1, 0.15) is 5.15 Å². The fourth-order valence-electron chi connectivity index (χ4n) is 3.27. The van der Waals surface area contributed by atoms with Gasteiger partial charge >= 0.3 is 0 Å². The molecule has 4 rings (SSSR count). The molecule has 1 N–H and O–H groups in total. The monoisotopic (exact) mass is 399 g/mol. The lowest BCUT2D eigenvalue weighted by Gasteiger charge is -2.23. The lowest BCUT2D eigenvalue weighted by atomic mass is 10.0. The third-order valence-electron chi connectivity index (χ3n) is 4.65. The molecule has 136 valence electrons. The lowest BCUT2D eigenvalue weighted by Crippen LogP contribution is -2.30. The summed E-state index contributed by atoms with van der Waals surface area (Å²) < 4.78 is 1.74. The average molecular weight is 400 g/mol. The van der Waals surface area contributed by atoms with Gasteiger partial charge in [-0.15, -0.1) is 0 Å². The van der Waals surface area contributed by atoms with Crippen molar-refractivity contribution in [3.63, 3.8) is 0 Å². The van der Waals surface area contributed by atoms with Crippen LogP contribution in [0.15, 0.2) is 36.7 Å². The third kappa shape index (κ3) is 3.20. The van der Waals surface area contributed by atoms with E-state index >= 15 is 0 Å². The first-order valence-electron chi connectivity index (χ1n) is 8.30. The average Bonchev–Trinajstić information content (AvgIpc) is 3.30. The molecule has 1 aliphatic rings. The predicted octanol–water partition coefficient (Wildman–Crippen LogP) is 3.24. The number of rotatable bonds is 3. The van der Waals surface area contributed by atoms with E-state index in [0.29, 0.717) is 27.7 Å². The number of halogens is 2. The second-order valence-electron chi connectivity index (χ2n) is 6.20. The number of nitrogens with zero attached hydrogens (tertiary/aromatic N) is 4. The van der Waals surface area contributed by atoms with Crippen LogP contribution < -0.4 is 0 Å². The number of hydrogen-bond acceptors (Lipinski definition) is 3. The summed E-state index contributed by atoms with van der Waals surface area (Å²) in [6.07, 6.45) is 3.74. The molecule has 0 spiro atoms. The highest BCUT2D eigenvalue weighted by atomic mass is 35.5. The van der Waals surface area contributed by atoms with Crippen LogP contribution in [0.1, 0.15) is 33.2 Å². The second kappa shape index (κ2) is 7.10. The molecule has 1 aromatic carbocycles. The Morgan fingerprint density at radius 2 is 2.07 bits per heavy atom. The summed E-state index contributed by atoms with van der Waals surface area (Å²) in [4.78, 5) is 14.7. The van der Waals surface area contributed by atoms with Crippen LogP contribution in [0.4, 0.5) is 0 Å². The van der Waals surface area contributed by atoms with Gasteiger partial charge in [-0.05, 0) is 11.6 Å². The van der Waals surface area contributed by atoms with E-state index in [1.54, 1.807) is 22.0 Å². The van der Waals surface area contributed by atoms with Crippen molar-refractivity contribution in [2.45, 2.75) is 12.5 Å². The van der Waals surface area contributed by atoms with Crippen molar-refractivity contribution in [1.82, 2.24) is 24.9 Å². The van der Waals surface area contributed by atoms with Crippen LogP contribution >= 0.6 is 23.2 Å². The number of aryl methyl sites for hydroxylation is 1. The number of benzene rings is 1. The lowest BCUT2D eigenvalue weighted by molar-refractivity contribution is 0.0750. The first-order chi connectivity index (χ1) is 13.1. The van der Waals surface area contributed by atoms with Gasteiger partial charge in [-0.25, -0.2) is 0 Å². The Kier molecular flexibility index (Phi) is 4.65. The van der Waals surface area contributed by atoms with E-state index in [4.69, 9.17) is 23.2 Å². The molecule has 0 saturated carbocycles. The number of H-pyrrole nitrogens is 1. The fraction of sp³-hybridized carbons (Fsp3) is 0.211. The molecule has 0 fully saturated rings. The minimum Gasteiger partial charge on any atom is -0.320 e. The van der Waals surface area contributed by atoms with Crippen molar-refractivity contribution >= 4 is 29.1 Å². The molecule has 27 heavy (non-hydrogen) atoms. The molecule has 0 bridgehead atoms. The molecule has 1 aliphatic heterocycles. The molecular weight excluding hydrogens is 385 g/mol. The van der Waals surface area contributed by atoms with E-state index < -0.39 is 0 Å². The van der Waals surface area contributed by atoms with Crippen LogP contribution in [-0.2, 0) is 13.5 Å². The summed E-state index contributed by atoms with van der Waals surface area (Å²) in [6.45, 7) is 0.273. The molecule has 2 aromatic heterocycles. The smallest absolute Gasteiger partial charge is 0.255 e. The number of amides is 1. The van der Waals surface area contributed by atoms with Crippen LogP contribution in [0.2, 0.25) is 10.2 Å². The Morgan fingerprint density at radius 1 is 1.26 bits per heavy atom. The van der Waals surface area contributed by atoms with E-state index in [1.165, 1.54) is 0 Å². The van der Waals surface area contributed by atoms with Crippen molar-refractivity contribution in [3.05, 3.63) is 69.2 Å². The zero-order valence-corrected chi connectivity index (χ0v) is 15.9. The van der Waals surface area contributed by atoms with E-state index in [9.17, 15) is 4.79 Å². The third-order valence-corrected chi connectivity index (χ3v) is 5.25. The number of aromatic nitrogens is 4. The highest BCUT2D eigenvalue weighted by Gasteiger charge is 2.36. The van der Waals surface area contributed by atoms with Gasteiger partial charge in [0.05, 0.1) is 41.3 Å². The Balaban J connectivity index is 1.65. The summed E-state index contributed by atoms with van der Waals surface area (Å²) in [7, 11) is 1.84. The molecule has 1 amide bonds. The molecule has 6 nitrogen and oxygen atoms in total. The zero-order valence-electron chi connectivity index (χ0n) is 14.4. The van der Waals surface area contributed by atoms with Crippen molar-refractivity contribution in [1.29, 1.82) is 0 Å². The number of carbonyl (C=O) groups excluding carboxylic acids is 1. The minimum absolute atomic E-state index is 0.0403. The van der Waals surface area contributed by atoms with Crippen LogP contribution in [0.3, 0.4) is 0 Å². The molecule has 0 radical (unpaired) electrons. The zero-order chi connectivity index (χ0) is 19.0. The predicted molar refractivity (Wildman–Crippen MR) is 103 cm³/mol. The normalized spacial score (nSPS) is 15.6. The molecule has 0 saturated heterocycles. The number of fused-ring (bicyclic) bond motifs is 1. The fourth-order valence-corrected chi connectivity index (χ4v) is 3.66. The van der Waals surface area contributed by atoms with Gasteiger partial charge in [-0.2, -0.15) is 10.2 Å². The summed E-state index contributed by atoms with van der Waals surface area (Å²) >= 11 is 12.3. The Hall–Kier alpha value is -2.75. The van der Waals surface area contributed by atoms with Gasteiger partial charge in [0.15, 0.2) is 0 Å². The van der Waals surface area contributed by atoms with Gasteiger partial charge in [-0.3, -0.25) is 14.6 Å². The number of nitrogens with one attached hydrogen (secondary N) is 1. The van der Waals surface area contributed by atoms with Crippen molar-refractivity contribution in [2.75, 3.05) is 6.54 Å². The number of aromatic amines is 1. The molecule has 3 heterocycles. The van der Waals surface area contributed by atoms with Crippen LogP contribution in [0.25, 0.3) is 0 Å². The minimum atomic E-state index is -0.157. The summed E-state index contributed by atoms with van der Waals surface area (Å²) in [5, 5.41) is 11.6. The highest BCUT2D eigenvalue weighted by molar-refractivity contribution is 6.31. The first-order valence-corrected chi connectivity index (χ1v) is 9.06. The van der Waals surface area contributed by atoms with Gasteiger partial charge in [0.2, 0.25) is 0 Å². The Labute approximate surface area is 166 Å². The molecule has 8 heteroatoms. The Morgan fingerprint density at radius 3 is 2.78 bits per heavy atom. The number of hydrogen-bond donors (Lipinski definition) is 1. The maximum Gasteiger partial charge on any atom is 0.255 e. The summed E-state index contributed by atoms with van der Waals surface area (Å²) in [5.74, 6) is 5.95. The van der Waals surface area contributed by atoms with E-state index in [1.807, 2.05) is 31.3 Å². The van der Waals surface area contributed by atoms with Crippen LogP contribution in [0.5, 0.6) is 0 Å². The summed E-state index contributed by atoms with van der Waals surface area (Å²) in [5.41, 5.74) is 3.15. The van der Waals surface area contributed by atoms with Gasteiger partial charge in [0.25, 0.3) is 5.91 Å². The largest absolute Gasteiger partial charge is 0.320 e. The maximum absolute atomic E-state index is 12.9. The second-order valence-corrected chi connectivity index (χ2v) is 6.99. The molecular formula is C19H15Cl2N5O. The Bertz CT molecular complexity index is 1060. The van der Waals surface area contributed by atoms with Crippen molar-refractivity contribution in [3.8, 4) is 11.8 Å². The van der Waals surface area contributed by atoms with E-state index in [0.717, 1.165) is 11.3 Å². The van der Waals surface area contributed by atoms with Gasteiger partial charge in [0, 0.05) is 19.0 Å². The van der Waals surface area contributed by atoms with Gasteiger partial charge in [-0.1, -0.05) is 53.2 Å². The standard InChI is InChI=1S/C19H15Cl2N5O/c1-25-17(15(20)11-23-25)9-16-13-6-2-3-7-14(13)19(27)26(16)8-4-5-12-10-22-24-18(12)21/h2-3,6-7,10-11,16H,8-9H2,1H3,(H,22,24). The van der Waals surface area contributed by atoms with E-state index in [-0.39, 0.29) is 18.5 Å². The van der Waals surface area contributed by atoms with Gasteiger partial charge < -0.3 is 4.90 Å². The number of carbonyl (C=O) groups is 1. The van der Waals surface area contributed by atoms with Crippen molar-refractivity contribution < 1.29 is 4.79 Å². The molecule has 3 aromatic rings. The maximum atomic E-state index is 12.9. The van der Waals surface area contributed by atoms with Crippen LogP contribution in [0, 0.1) is 11.8 Å². The van der Waals surface area contributed by atoms with Crippen molar-refractivity contribution in [2.24, 2.45) is 7.05 Å². The first kappa shape index (κ1) is 17.7. The summed E-state index contributed by atoms with van der Waals surface area (Å²) in [6, 6.07) is 7.46. The topological polar surface area (TPSA) is 66.8 Å². The molecule has 0 aliphatic carbocycles. The quantitative estimate of drug-likeness (QED) is 0.687. The van der Waals surface area contributed by atoms with E-state index in [2.05, 4.69) is 27.1 Å². The SMILES string of the molecule is Cn1ncc(Cl)c1CC1c2ccccc2C(=O)N1CC#Cc1cn[nH]c1Cl. The molecule has 1 unspecified atom stereocenters.